The number of ether oxygens (including phenoxy) is 1. The monoisotopic (exact) mass is 393 g/mol. The van der Waals surface area contributed by atoms with Gasteiger partial charge in [-0.2, -0.15) is 0 Å². The van der Waals surface area contributed by atoms with E-state index in [9.17, 15) is 14.4 Å². The molecule has 1 unspecified atom stereocenters. The second-order valence-corrected chi connectivity index (χ2v) is 7.21. The molecule has 2 heterocycles. The normalized spacial score (nSPS) is 20.3. The molecule has 1 N–H and O–H groups in total. The lowest BCUT2D eigenvalue weighted by Crippen LogP contribution is -2.69. The number of para-hydroxylation sites is 1. The average Bonchev–Trinajstić information content (AvgIpc) is 3.09. The van der Waals surface area contributed by atoms with E-state index in [0.717, 1.165) is 0 Å². The first kappa shape index (κ1) is 19.0. The number of hydrogen-bond donors (Lipinski definition) is 1. The summed E-state index contributed by atoms with van der Waals surface area (Å²) >= 11 is 0. The molecule has 0 aliphatic carbocycles. The fraction of sp³-hybridized carbons (Fsp3) is 0.318. The number of amides is 3. The first-order valence-electron chi connectivity index (χ1n) is 9.72. The van der Waals surface area contributed by atoms with Crippen molar-refractivity contribution < 1.29 is 19.1 Å². The van der Waals surface area contributed by atoms with Crippen LogP contribution in [-0.4, -0.2) is 41.9 Å². The van der Waals surface area contributed by atoms with E-state index in [-0.39, 0.29) is 24.7 Å². The van der Waals surface area contributed by atoms with Gasteiger partial charge >= 0.3 is 0 Å². The quantitative estimate of drug-likeness (QED) is 0.847. The zero-order chi connectivity index (χ0) is 20.6. The van der Waals surface area contributed by atoms with Crippen molar-refractivity contribution in [2.24, 2.45) is 0 Å². The Morgan fingerprint density at radius 3 is 2.72 bits per heavy atom. The maximum Gasteiger partial charge on any atom is 0.271 e. The SMILES string of the molecule is CCCN1C(=O)c2ccccc2N2C(=O)CCC12C(=O)Nc1cccc(OC)c1. The number of nitrogens with one attached hydrogen (secondary N) is 1. The van der Waals surface area contributed by atoms with Gasteiger partial charge in [-0.15, -0.1) is 0 Å². The number of nitrogens with zero attached hydrogens (tertiary/aromatic N) is 2. The van der Waals surface area contributed by atoms with Crippen molar-refractivity contribution in [2.45, 2.75) is 31.8 Å². The minimum atomic E-state index is -1.37. The molecule has 1 atom stereocenters. The lowest BCUT2D eigenvalue weighted by atomic mass is 9.95. The summed E-state index contributed by atoms with van der Waals surface area (Å²) in [5, 5.41) is 2.90. The van der Waals surface area contributed by atoms with Crippen LogP contribution in [0, 0.1) is 0 Å². The van der Waals surface area contributed by atoms with Gasteiger partial charge in [-0.3, -0.25) is 19.3 Å². The molecule has 1 fully saturated rings. The van der Waals surface area contributed by atoms with Crippen molar-refractivity contribution >= 4 is 29.1 Å². The molecular weight excluding hydrogens is 370 g/mol. The smallest absolute Gasteiger partial charge is 0.271 e. The summed E-state index contributed by atoms with van der Waals surface area (Å²) in [7, 11) is 1.55. The van der Waals surface area contributed by atoms with E-state index < -0.39 is 11.6 Å². The highest BCUT2D eigenvalue weighted by molar-refractivity contribution is 6.18. The van der Waals surface area contributed by atoms with E-state index in [0.29, 0.717) is 35.7 Å². The zero-order valence-electron chi connectivity index (χ0n) is 16.5. The Morgan fingerprint density at radius 1 is 1.17 bits per heavy atom. The number of methoxy groups -OCH3 is 1. The number of anilines is 2. The van der Waals surface area contributed by atoms with Crippen LogP contribution in [-0.2, 0) is 9.59 Å². The molecule has 0 radical (unpaired) electrons. The number of rotatable bonds is 5. The minimum Gasteiger partial charge on any atom is -0.497 e. The molecule has 2 aliphatic heterocycles. The summed E-state index contributed by atoms with van der Waals surface area (Å²) in [6, 6.07) is 14.0. The summed E-state index contributed by atoms with van der Waals surface area (Å²) in [6.45, 7) is 2.32. The number of carbonyl (C=O) groups is 3. The van der Waals surface area contributed by atoms with Crippen LogP contribution < -0.4 is 15.0 Å². The molecule has 2 aromatic carbocycles. The summed E-state index contributed by atoms with van der Waals surface area (Å²) in [5.74, 6) is -0.177. The Labute approximate surface area is 169 Å². The number of fused-ring (bicyclic) bond motifs is 3. The van der Waals surface area contributed by atoms with Crippen molar-refractivity contribution in [1.29, 1.82) is 0 Å². The van der Waals surface area contributed by atoms with Gasteiger partial charge in [0.15, 0.2) is 0 Å². The van der Waals surface area contributed by atoms with Crippen LogP contribution in [0.4, 0.5) is 11.4 Å². The summed E-state index contributed by atoms with van der Waals surface area (Å²) in [4.78, 5) is 42.9. The van der Waals surface area contributed by atoms with Crippen LogP contribution in [0.1, 0.15) is 36.5 Å². The fourth-order valence-electron chi connectivity index (χ4n) is 4.24. The molecule has 0 saturated carbocycles. The Morgan fingerprint density at radius 2 is 1.97 bits per heavy atom. The van der Waals surface area contributed by atoms with Crippen molar-refractivity contribution in [3.05, 3.63) is 54.1 Å². The van der Waals surface area contributed by atoms with Crippen molar-refractivity contribution in [3.63, 3.8) is 0 Å². The largest absolute Gasteiger partial charge is 0.497 e. The molecule has 7 nitrogen and oxygen atoms in total. The van der Waals surface area contributed by atoms with E-state index >= 15 is 0 Å². The highest BCUT2D eigenvalue weighted by Crippen LogP contribution is 2.45. The van der Waals surface area contributed by atoms with Crippen LogP contribution in [0.2, 0.25) is 0 Å². The highest BCUT2D eigenvalue weighted by atomic mass is 16.5. The van der Waals surface area contributed by atoms with Crippen LogP contribution in [0.25, 0.3) is 0 Å². The maximum atomic E-state index is 13.6. The molecule has 150 valence electrons. The molecule has 0 aromatic heterocycles. The van der Waals surface area contributed by atoms with E-state index in [2.05, 4.69) is 5.32 Å². The fourth-order valence-corrected chi connectivity index (χ4v) is 4.24. The Hall–Kier alpha value is -3.35. The second kappa shape index (κ2) is 7.24. The molecule has 0 spiro atoms. The van der Waals surface area contributed by atoms with E-state index in [1.54, 1.807) is 60.5 Å². The van der Waals surface area contributed by atoms with Crippen molar-refractivity contribution in [1.82, 2.24) is 4.90 Å². The highest BCUT2D eigenvalue weighted by Gasteiger charge is 2.60. The molecule has 2 aromatic rings. The number of carbonyl (C=O) groups excluding carboxylic acids is 3. The average molecular weight is 393 g/mol. The second-order valence-electron chi connectivity index (χ2n) is 7.21. The molecular formula is C22H23N3O4. The lowest BCUT2D eigenvalue weighted by molar-refractivity contribution is -0.128. The Bertz CT molecular complexity index is 990. The van der Waals surface area contributed by atoms with E-state index in [1.807, 2.05) is 6.92 Å². The minimum absolute atomic E-state index is 0.160. The summed E-state index contributed by atoms with van der Waals surface area (Å²) < 4.78 is 5.23. The molecule has 3 amide bonds. The van der Waals surface area contributed by atoms with Gasteiger partial charge in [0, 0.05) is 31.1 Å². The predicted molar refractivity (Wildman–Crippen MR) is 109 cm³/mol. The van der Waals surface area contributed by atoms with Gasteiger partial charge in [-0.25, -0.2) is 0 Å². The van der Waals surface area contributed by atoms with Crippen LogP contribution in [0.3, 0.4) is 0 Å². The molecule has 4 rings (SSSR count). The molecule has 0 bridgehead atoms. The van der Waals surface area contributed by atoms with Gasteiger partial charge in [0.1, 0.15) is 5.75 Å². The first-order valence-corrected chi connectivity index (χ1v) is 9.72. The van der Waals surface area contributed by atoms with Crippen molar-refractivity contribution in [3.8, 4) is 5.75 Å². The third-order valence-corrected chi connectivity index (χ3v) is 5.51. The Balaban J connectivity index is 1.82. The number of benzene rings is 2. The van der Waals surface area contributed by atoms with Crippen LogP contribution >= 0.6 is 0 Å². The first-order chi connectivity index (χ1) is 14.0. The third kappa shape index (κ3) is 2.85. The lowest BCUT2D eigenvalue weighted by Gasteiger charge is -2.49. The number of hydrogen-bond acceptors (Lipinski definition) is 4. The summed E-state index contributed by atoms with van der Waals surface area (Å²) in [5.41, 5.74) is 0.113. The van der Waals surface area contributed by atoms with Gasteiger partial charge in [-0.05, 0) is 30.7 Å². The van der Waals surface area contributed by atoms with Gasteiger partial charge in [0.05, 0.1) is 18.4 Å². The van der Waals surface area contributed by atoms with Gasteiger partial charge in [0.25, 0.3) is 11.8 Å². The van der Waals surface area contributed by atoms with E-state index in [1.165, 1.54) is 4.90 Å². The van der Waals surface area contributed by atoms with Crippen LogP contribution in [0.15, 0.2) is 48.5 Å². The zero-order valence-corrected chi connectivity index (χ0v) is 16.5. The molecule has 29 heavy (non-hydrogen) atoms. The predicted octanol–water partition coefficient (Wildman–Crippen LogP) is 3.02. The Kier molecular flexibility index (Phi) is 4.74. The molecule has 1 saturated heterocycles. The van der Waals surface area contributed by atoms with E-state index in [4.69, 9.17) is 4.74 Å². The van der Waals surface area contributed by atoms with Gasteiger partial charge in [0.2, 0.25) is 11.6 Å². The maximum absolute atomic E-state index is 13.6. The molecule has 2 aliphatic rings. The third-order valence-electron chi connectivity index (χ3n) is 5.51. The summed E-state index contributed by atoms with van der Waals surface area (Å²) in [6.07, 6.45) is 1.12. The van der Waals surface area contributed by atoms with Gasteiger partial charge in [-0.1, -0.05) is 25.1 Å². The van der Waals surface area contributed by atoms with Crippen molar-refractivity contribution in [2.75, 3.05) is 23.9 Å². The molecule has 7 heteroatoms. The van der Waals surface area contributed by atoms with Crippen LogP contribution in [0.5, 0.6) is 5.75 Å². The standard InChI is InChI=1S/C22H23N3O4/c1-3-13-24-20(27)17-9-4-5-10-18(17)25-19(26)11-12-22(24,25)21(28)23-15-7-6-8-16(14-15)29-2/h4-10,14H,3,11-13H2,1-2H3,(H,23,28). The van der Waals surface area contributed by atoms with Gasteiger partial charge < -0.3 is 15.0 Å². The topological polar surface area (TPSA) is 79.0 Å².